The van der Waals surface area contributed by atoms with Gasteiger partial charge in [-0.1, -0.05) is 6.42 Å². The number of anilines is 1. The molecule has 0 aromatic heterocycles. The highest BCUT2D eigenvalue weighted by atomic mass is 32.2. The zero-order chi connectivity index (χ0) is 22.7. The van der Waals surface area contributed by atoms with Crippen molar-refractivity contribution in [3.8, 4) is 0 Å². The Bertz CT molecular complexity index is 1240. The van der Waals surface area contributed by atoms with E-state index in [0.717, 1.165) is 48.1 Å². The molecule has 1 spiro atoms. The number of ketones is 1. The normalized spacial score (nSPS) is 21.8. The monoisotopic (exact) mass is 460 g/mol. The summed E-state index contributed by atoms with van der Waals surface area (Å²) in [7, 11) is -4.32. The van der Waals surface area contributed by atoms with Crippen LogP contribution in [0.1, 0.15) is 54.7 Å². The van der Waals surface area contributed by atoms with Gasteiger partial charge in [-0.2, -0.15) is 0 Å². The summed E-state index contributed by atoms with van der Waals surface area (Å²) >= 11 is 0. The van der Waals surface area contributed by atoms with E-state index in [0.29, 0.717) is 31.9 Å². The van der Waals surface area contributed by atoms with Crippen molar-refractivity contribution < 1.29 is 26.8 Å². The van der Waals surface area contributed by atoms with Crippen LogP contribution in [0.4, 0.5) is 14.5 Å². The maximum absolute atomic E-state index is 14.2. The Morgan fingerprint density at radius 2 is 1.88 bits per heavy atom. The topological polar surface area (TPSA) is 92.3 Å². The summed E-state index contributed by atoms with van der Waals surface area (Å²) in [5.41, 5.74) is 2.26. The van der Waals surface area contributed by atoms with Crippen LogP contribution in [-0.2, 0) is 31.4 Å². The molecule has 2 N–H and O–H groups in total. The lowest BCUT2D eigenvalue weighted by Gasteiger charge is -2.38. The molecule has 1 unspecified atom stereocenters. The Hall–Kier alpha value is -2.81. The molecule has 2 aliphatic carbocycles. The second-order valence-electron chi connectivity index (χ2n) is 8.85. The van der Waals surface area contributed by atoms with E-state index in [1.165, 1.54) is 0 Å². The fourth-order valence-electron chi connectivity index (χ4n) is 5.20. The molecule has 168 valence electrons. The first-order valence-electron chi connectivity index (χ1n) is 10.6. The number of fused-ring (bicyclic) bond motifs is 2. The number of piperidine rings is 1. The lowest BCUT2D eigenvalue weighted by molar-refractivity contribution is -0.125. The molecule has 2 aromatic rings. The second kappa shape index (κ2) is 7.37. The lowest BCUT2D eigenvalue weighted by atomic mass is 9.64. The predicted octanol–water partition coefficient (Wildman–Crippen LogP) is 3.31. The summed E-state index contributed by atoms with van der Waals surface area (Å²) in [5.74, 6) is -1.99. The maximum atomic E-state index is 14.2. The van der Waals surface area contributed by atoms with Crippen LogP contribution in [0.25, 0.3) is 0 Å². The molecule has 1 heterocycles. The van der Waals surface area contributed by atoms with Crippen LogP contribution in [0.5, 0.6) is 0 Å². The lowest BCUT2D eigenvalue weighted by Crippen LogP contribution is -2.39. The highest BCUT2D eigenvalue weighted by Gasteiger charge is 2.51. The smallest absolute Gasteiger partial charge is 0.264 e. The number of nitrogens with one attached hydrogen (secondary N) is 2. The van der Waals surface area contributed by atoms with Gasteiger partial charge in [-0.3, -0.25) is 14.3 Å². The summed E-state index contributed by atoms with van der Waals surface area (Å²) < 4.78 is 55.6. The van der Waals surface area contributed by atoms with Crippen molar-refractivity contribution in [1.29, 1.82) is 0 Å². The van der Waals surface area contributed by atoms with E-state index in [1.807, 2.05) is 0 Å². The van der Waals surface area contributed by atoms with Crippen molar-refractivity contribution in [2.24, 2.45) is 0 Å². The molecule has 1 saturated heterocycles. The molecule has 1 aliphatic heterocycles. The fraction of sp³-hybridized carbons (Fsp3) is 0.391. The van der Waals surface area contributed by atoms with E-state index in [2.05, 4.69) is 10.0 Å². The van der Waals surface area contributed by atoms with Crippen molar-refractivity contribution in [2.45, 2.75) is 54.8 Å². The van der Waals surface area contributed by atoms with E-state index < -0.39 is 32.0 Å². The van der Waals surface area contributed by atoms with Gasteiger partial charge < -0.3 is 5.32 Å². The number of sulfonamides is 1. The number of hydrogen-bond acceptors (Lipinski definition) is 4. The molecule has 6 nitrogen and oxygen atoms in total. The molecule has 3 aliphatic rings. The average Bonchev–Trinajstić information content (AvgIpc) is 2.99. The number of amides is 1. The van der Waals surface area contributed by atoms with E-state index in [9.17, 15) is 26.8 Å². The molecule has 1 amide bonds. The number of benzene rings is 2. The molecule has 32 heavy (non-hydrogen) atoms. The van der Waals surface area contributed by atoms with Crippen LogP contribution in [-0.4, -0.2) is 26.7 Å². The molecular weight excluding hydrogens is 438 g/mol. The van der Waals surface area contributed by atoms with Crippen LogP contribution in [0.15, 0.2) is 35.2 Å². The van der Waals surface area contributed by atoms with Crippen LogP contribution in [0, 0.1) is 11.6 Å². The van der Waals surface area contributed by atoms with Crippen molar-refractivity contribution in [2.75, 3.05) is 11.3 Å². The second-order valence-corrected chi connectivity index (χ2v) is 10.5. The van der Waals surface area contributed by atoms with Gasteiger partial charge in [0.15, 0.2) is 0 Å². The molecule has 9 heteroatoms. The number of carbonyl (C=O) groups excluding carboxylic acids is 2. The summed E-state index contributed by atoms with van der Waals surface area (Å²) in [6.45, 7) is 0.412. The number of rotatable bonds is 4. The van der Waals surface area contributed by atoms with Gasteiger partial charge in [0.25, 0.3) is 10.0 Å². The van der Waals surface area contributed by atoms with Gasteiger partial charge in [-0.25, -0.2) is 17.2 Å². The molecule has 5 rings (SSSR count). The molecule has 1 saturated carbocycles. The zero-order valence-corrected chi connectivity index (χ0v) is 18.0. The van der Waals surface area contributed by atoms with Gasteiger partial charge in [-0.15, -0.1) is 0 Å². The SMILES string of the molecule is O=C1CCC(c2cc(NS(=O)(=O)c3ccc(F)cc3F)cc3c2CC(=O)C32CCC2)CN1. The van der Waals surface area contributed by atoms with Crippen molar-refractivity contribution in [3.05, 3.63) is 58.7 Å². The Morgan fingerprint density at radius 3 is 2.50 bits per heavy atom. The van der Waals surface area contributed by atoms with Gasteiger partial charge in [0.2, 0.25) is 5.91 Å². The van der Waals surface area contributed by atoms with Gasteiger partial charge in [-0.05, 0) is 60.2 Å². The van der Waals surface area contributed by atoms with E-state index in [1.54, 1.807) is 12.1 Å². The summed E-state index contributed by atoms with van der Waals surface area (Å²) in [4.78, 5) is 23.9. The highest BCUT2D eigenvalue weighted by molar-refractivity contribution is 7.92. The summed E-state index contributed by atoms with van der Waals surface area (Å²) in [5, 5.41) is 2.84. The van der Waals surface area contributed by atoms with Crippen LogP contribution in [0.3, 0.4) is 0 Å². The standard InChI is InChI=1S/C23H22F2N2O4S/c24-14-3-4-20(19(25)8-14)32(30,31)27-15-9-16(13-2-5-22(29)26-12-13)17-11-21(28)23(6-1-7-23)18(17)10-15/h3-4,8-10,13,27H,1-2,5-7,11-12H2,(H,26,29). The van der Waals surface area contributed by atoms with Gasteiger partial charge in [0, 0.05) is 37.1 Å². The number of halogens is 2. The number of hydrogen-bond donors (Lipinski definition) is 2. The zero-order valence-electron chi connectivity index (χ0n) is 17.2. The highest BCUT2D eigenvalue weighted by Crippen LogP contribution is 2.53. The Kier molecular flexibility index (Phi) is 4.85. The first-order chi connectivity index (χ1) is 15.2. The first-order valence-corrected chi connectivity index (χ1v) is 12.1. The Balaban J connectivity index is 1.58. The van der Waals surface area contributed by atoms with Gasteiger partial charge in [0.1, 0.15) is 22.3 Å². The van der Waals surface area contributed by atoms with E-state index in [-0.39, 0.29) is 23.3 Å². The third-order valence-electron chi connectivity index (χ3n) is 7.02. The fourth-order valence-corrected chi connectivity index (χ4v) is 6.30. The Morgan fingerprint density at radius 1 is 1.09 bits per heavy atom. The van der Waals surface area contributed by atoms with Crippen LogP contribution < -0.4 is 10.0 Å². The maximum Gasteiger partial charge on any atom is 0.264 e. The summed E-state index contributed by atoms with van der Waals surface area (Å²) in [6.07, 6.45) is 3.63. The minimum atomic E-state index is -4.32. The molecule has 2 fully saturated rings. The minimum absolute atomic E-state index is 0.0342. The van der Waals surface area contributed by atoms with E-state index >= 15 is 0 Å². The molecule has 0 radical (unpaired) electrons. The third-order valence-corrected chi connectivity index (χ3v) is 8.43. The van der Waals surface area contributed by atoms with Crippen LogP contribution in [0.2, 0.25) is 0 Å². The average molecular weight is 461 g/mol. The van der Waals surface area contributed by atoms with Crippen molar-refractivity contribution >= 4 is 27.4 Å². The Labute approximate surface area is 184 Å². The molecule has 0 bridgehead atoms. The molecule has 1 atom stereocenters. The number of carbonyl (C=O) groups is 2. The largest absolute Gasteiger partial charge is 0.355 e. The predicted molar refractivity (Wildman–Crippen MR) is 113 cm³/mol. The summed E-state index contributed by atoms with van der Waals surface area (Å²) in [6, 6.07) is 5.66. The van der Waals surface area contributed by atoms with Gasteiger partial charge >= 0.3 is 0 Å². The first kappa shape index (κ1) is 21.1. The quantitative estimate of drug-likeness (QED) is 0.732. The van der Waals surface area contributed by atoms with Crippen LogP contribution >= 0.6 is 0 Å². The number of Topliss-reactive ketones (excluding diaryl/α,β-unsaturated/α-hetero) is 1. The van der Waals surface area contributed by atoms with Crippen molar-refractivity contribution in [1.82, 2.24) is 5.32 Å². The van der Waals surface area contributed by atoms with Crippen molar-refractivity contribution in [3.63, 3.8) is 0 Å². The van der Waals surface area contributed by atoms with E-state index in [4.69, 9.17) is 0 Å². The van der Waals surface area contributed by atoms with Gasteiger partial charge in [0.05, 0.1) is 5.41 Å². The molecule has 2 aromatic carbocycles. The molecular formula is C23H22F2N2O4S. The minimum Gasteiger partial charge on any atom is -0.355 e. The third kappa shape index (κ3) is 3.30.